The number of carboxylic acids is 1. The number of carboxylic acid groups (broad SMARTS) is 1. The van der Waals surface area contributed by atoms with Gasteiger partial charge < -0.3 is 14.7 Å². The molecule has 2 aliphatic rings. The molecule has 3 aromatic carbocycles. The van der Waals surface area contributed by atoms with Gasteiger partial charge in [0, 0.05) is 23.1 Å². The molecular weight excluding hydrogens is 717 g/mol. The summed E-state index contributed by atoms with van der Waals surface area (Å²) >= 11 is 12.4. The maximum absolute atomic E-state index is 15.0. The van der Waals surface area contributed by atoms with Crippen LogP contribution in [0.4, 0.5) is 23.4 Å². The van der Waals surface area contributed by atoms with Crippen molar-refractivity contribution in [2.45, 2.75) is 23.2 Å². The fourth-order valence-corrected chi connectivity index (χ4v) is 7.46. The summed E-state index contributed by atoms with van der Waals surface area (Å²) in [6.45, 7) is 1.33. The Morgan fingerprint density at radius 3 is 1.84 bits per heavy atom. The van der Waals surface area contributed by atoms with Gasteiger partial charge in [-0.15, -0.1) is 0 Å². The minimum Gasteiger partial charge on any atom is -0.475 e. The predicted octanol–water partition coefficient (Wildman–Crippen LogP) is 5.94. The number of aliphatic carboxylic acids is 1. The number of nitrogens with zero attached hydrogens (tertiary/aromatic N) is 3. The van der Waals surface area contributed by atoms with Crippen LogP contribution in [-0.4, -0.2) is 67.3 Å². The normalized spacial score (nSPS) is 17.6. The van der Waals surface area contributed by atoms with Crippen molar-refractivity contribution >= 4 is 50.9 Å². The SMILES string of the molecule is O=C(O)C(F)(F)F.O=C(c1ccc2n(c1=O)[C@@H](c1ccc(Cl)cc1)[C@@H](c1ccc(Cl)cc1)N2S(=O)(=O)c1ccccc1F)N1CCOCC1. The number of rotatable bonds is 5. The molecule has 0 saturated carbocycles. The van der Waals surface area contributed by atoms with Crippen molar-refractivity contribution in [3.05, 3.63) is 128 Å². The van der Waals surface area contributed by atoms with Crippen molar-refractivity contribution in [2.75, 3.05) is 30.6 Å². The molecule has 0 aliphatic carbocycles. The van der Waals surface area contributed by atoms with Crippen molar-refractivity contribution in [3.8, 4) is 0 Å². The molecule has 10 nitrogen and oxygen atoms in total. The second-order valence-corrected chi connectivity index (χ2v) is 13.4. The standard InChI is InChI=1S/C30H24Cl2FN3O5S.C2HF3O2/c31-21-9-5-19(6-10-21)27-28(20-7-11-22(32)12-8-20)36(42(39,40)25-4-2-1-3-24(25)33)26-14-13-23(30(38)35(26)27)29(37)34-15-17-41-18-16-34;3-2(4,5)1(6)7/h1-14,27-28H,15-18H2;(H,6,7)/t27-,28+;/m0./s1. The summed E-state index contributed by atoms with van der Waals surface area (Å²) in [4.78, 5) is 37.6. The lowest BCUT2D eigenvalue weighted by Crippen LogP contribution is -2.43. The molecular formula is C32H25Cl2F4N3O7S. The van der Waals surface area contributed by atoms with Crippen LogP contribution in [0.25, 0.3) is 0 Å². The van der Waals surface area contributed by atoms with Crippen molar-refractivity contribution in [2.24, 2.45) is 0 Å². The van der Waals surface area contributed by atoms with Crippen molar-refractivity contribution in [1.29, 1.82) is 0 Å². The number of halogens is 6. The summed E-state index contributed by atoms with van der Waals surface area (Å²) in [5.74, 6) is -4.18. The molecule has 0 spiro atoms. The van der Waals surface area contributed by atoms with Crippen molar-refractivity contribution in [1.82, 2.24) is 9.47 Å². The van der Waals surface area contributed by atoms with Crippen molar-refractivity contribution < 1.29 is 45.4 Å². The molecule has 3 heterocycles. The van der Waals surface area contributed by atoms with Gasteiger partial charge in [-0.3, -0.25) is 14.2 Å². The van der Waals surface area contributed by atoms with E-state index >= 15 is 4.39 Å². The lowest BCUT2D eigenvalue weighted by Gasteiger charge is -2.29. The summed E-state index contributed by atoms with van der Waals surface area (Å²) < 4.78 is 83.1. The molecule has 2 atom stereocenters. The Bertz CT molecular complexity index is 2040. The van der Waals surface area contributed by atoms with E-state index in [0.717, 1.165) is 10.4 Å². The molecule has 1 fully saturated rings. The Balaban J connectivity index is 0.000000606. The van der Waals surface area contributed by atoms with Gasteiger partial charge in [-0.1, -0.05) is 59.6 Å². The zero-order valence-corrected chi connectivity index (χ0v) is 27.3. The number of fused-ring (bicyclic) bond motifs is 1. The predicted molar refractivity (Wildman–Crippen MR) is 171 cm³/mol. The van der Waals surface area contributed by atoms with E-state index in [4.69, 9.17) is 37.8 Å². The Hall–Kier alpha value is -4.44. The number of pyridine rings is 1. The quantitative estimate of drug-likeness (QED) is 0.251. The summed E-state index contributed by atoms with van der Waals surface area (Å²) in [6.07, 6.45) is -5.08. The zero-order valence-electron chi connectivity index (χ0n) is 25.0. The van der Waals surface area contributed by atoms with Crippen LogP contribution < -0.4 is 9.86 Å². The van der Waals surface area contributed by atoms with E-state index in [0.29, 0.717) is 47.5 Å². The van der Waals surface area contributed by atoms with Crippen LogP contribution in [0.15, 0.2) is 94.6 Å². The average molecular weight is 743 g/mol. The first-order valence-corrected chi connectivity index (χ1v) is 16.5. The molecule has 6 rings (SSSR count). The minimum absolute atomic E-state index is 0.0123. The van der Waals surface area contributed by atoms with Crippen LogP contribution in [0.5, 0.6) is 0 Å². The van der Waals surface area contributed by atoms with E-state index in [1.54, 1.807) is 48.5 Å². The van der Waals surface area contributed by atoms with E-state index < -0.39 is 56.4 Å². The van der Waals surface area contributed by atoms with Crippen LogP contribution in [0.1, 0.15) is 33.6 Å². The van der Waals surface area contributed by atoms with E-state index in [2.05, 4.69) is 0 Å². The highest BCUT2D eigenvalue weighted by molar-refractivity contribution is 7.92. The highest BCUT2D eigenvalue weighted by Gasteiger charge is 2.48. The lowest BCUT2D eigenvalue weighted by atomic mass is 9.94. The number of alkyl halides is 3. The van der Waals surface area contributed by atoms with Gasteiger partial charge in [0.25, 0.3) is 21.5 Å². The Kier molecular flexibility index (Phi) is 10.4. The minimum atomic E-state index is -5.08. The maximum atomic E-state index is 15.0. The van der Waals surface area contributed by atoms with Gasteiger partial charge in [-0.25, -0.2) is 21.9 Å². The number of carbonyl (C=O) groups excluding carboxylic acids is 1. The van der Waals surface area contributed by atoms with E-state index in [-0.39, 0.29) is 11.4 Å². The number of carbonyl (C=O) groups is 2. The maximum Gasteiger partial charge on any atom is 0.490 e. The zero-order chi connectivity index (χ0) is 35.7. The Labute approximate surface area is 286 Å². The summed E-state index contributed by atoms with van der Waals surface area (Å²) in [5.41, 5.74) is 0.280. The van der Waals surface area contributed by atoms with E-state index in [9.17, 15) is 31.2 Å². The van der Waals surface area contributed by atoms with Crippen LogP contribution >= 0.6 is 23.2 Å². The molecule has 1 aromatic heterocycles. The highest BCUT2D eigenvalue weighted by Crippen LogP contribution is 2.49. The third-order valence-corrected chi connectivity index (χ3v) is 10.0. The average Bonchev–Trinajstić information content (AvgIpc) is 3.42. The first-order valence-electron chi connectivity index (χ1n) is 14.4. The number of aromatic nitrogens is 1. The van der Waals surface area contributed by atoms with Gasteiger partial charge in [-0.05, 0) is 59.7 Å². The number of benzene rings is 3. The number of anilines is 1. The smallest absolute Gasteiger partial charge is 0.475 e. The van der Waals surface area contributed by atoms with Crippen LogP contribution in [0, 0.1) is 5.82 Å². The fraction of sp³-hybridized carbons (Fsp3) is 0.219. The largest absolute Gasteiger partial charge is 0.490 e. The van der Waals surface area contributed by atoms with Gasteiger partial charge in [-0.2, -0.15) is 13.2 Å². The van der Waals surface area contributed by atoms with Gasteiger partial charge in [0.1, 0.15) is 22.1 Å². The molecule has 0 radical (unpaired) electrons. The molecule has 1 N–H and O–H groups in total. The second-order valence-electron chi connectivity index (χ2n) is 10.7. The molecule has 0 unspecified atom stereocenters. The van der Waals surface area contributed by atoms with Gasteiger partial charge >= 0.3 is 12.1 Å². The van der Waals surface area contributed by atoms with Gasteiger partial charge in [0.2, 0.25) is 0 Å². The number of morpholine rings is 1. The molecule has 4 aromatic rings. The van der Waals surface area contributed by atoms with E-state index in [1.165, 1.54) is 39.8 Å². The lowest BCUT2D eigenvalue weighted by molar-refractivity contribution is -0.192. The molecule has 2 aliphatic heterocycles. The monoisotopic (exact) mass is 741 g/mol. The molecule has 1 amide bonds. The molecule has 0 bridgehead atoms. The van der Waals surface area contributed by atoms with Crippen LogP contribution in [-0.2, 0) is 19.6 Å². The molecule has 49 heavy (non-hydrogen) atoms. The summed E-state index contributed by atoms with van der Waals surface area (Å²) in [6, 6.07) is 19.1. The number of hydrogen-bond donors (Lipinski definition) is 1. The van der Waals surface area contributed by atoms with Crippen LogP contribution in [0.3, 0.4) is 0 Å². The molecule has 258 valence electrons. The Morgan fingerprint density at radius 2 is 1.33 bits per heavy atom. The number of hydrogen-bond acceptors (Lipinski definition) is 6. The molecule has 1 saturated heterocycles. The first kappa shape index (κ1) is 35.9. The topological polar surface area (TPSA) is 126 Å². The first-order chi connectivity index (χ1) is 23.1. The van der Waals surface area contributed by atoms with Gasteiger partial charge in [0.15, 0.2) is 0 Å². The summed E-state index contributed by atoms with van der Waals surface area (Å²) in [7, 11) is -4.58. The fourth-order valence-electron chi connectivity index (χ4n) is 5.50. The summed E-state index contributed by atoms with van der Waals surface area (Å²) in [5, 5.41) is 8.00. The number of sulfonamides is 1. The van der Waals surface area contributed by atoms with Crippen LogP contribution in [0.2, 0.25) is 10.0 Å². The Morgan fingerprint density at radius 1 is 0.816 bits per heavy atom. The highest BCUT2D eigenvalue weighted by atomic mass is 35.5. The third kappa shape index (κ3) is 7.29. The molecule has 17 heteroatoms. The number of ether oxygens (including phenoxy) is 1. The third-order valence-electron chi connectivity index (χ3n) is 7.72. The second kappa shape index (κ2) is 14.2. The van der Waals surface area contributed by atoms with E-state index in [1.807, 2.05) is 0 Å². The van der Waals surface area contributed by atoms with Gasteiger partial charge in [0.05, 0.1) is 25.3 Å². The van der Waals surface area contributed by atoms with Crippen molar-refractivity contribution in [3.63, 3.8) is 0 Å². The number of amides is 1.